The van der Waals surface area contributed by atoms with Gasteiger partial charge in [0.1, 0.15) is 0 Å². The molecule has 0 spiro atoms. The highest BCUT2D eigenvalue weighted by Gasteiger charge is 2.20. The predicted octanol–water partition coefficient (Wildman–Crippen LogP) is 3.79. The van der Waals surface area contributed by atoms with Gasteiger partial charge >= 0.3 is 5.97 Å². The molecule has 0 aromatic heterocycles. The van der Waals surface area contributed by atoms with Crippen molar-refractivity contribution in [2.24, 2.45) is 0 Å². The molecule has 0 aromatic rings. The van der Waals surface area contributed by atoms with Crippen LogP contribution < -0.4 is 0 Å². The molecule has 0 aromatic carbocycles. The number of ketones is 1. The smallest absolute Gasteiger partial charge is 0.303 e. The average Bonchev–Trinajstić information content (AvgIpc) is 2.34. The van der Waals surface area contributed by atoms with Crippen LogP contribution in [0.25, 0.3) is 0 Å². The maximum atomic E-state index is 12.0. The van der Waals surface area contributed by atoms with Gasteiger partial charge in [0.25, 0.3) is 0 Å². The molecule has 1 fully saturated rings. The van der Waals surface area contributed by atoms with Crippen LogP contribution in [0.3, 0.4) is 0 Å². The topological polar surface area (TPSA) is 43.4 Å². The van der Waals surface area contributed by atoms with Crippen LogP contribution in [-0.2, 0) is 14.3 Å². The van der Waals surface area contributed by atoms with Gasteiger partial charge in [-0.3, -0.25) is 9.59 Å². The molecule has 3 nitrogen and oxygen atoms in total. The van der Waals surface area contributed by atoms with Gasteiger partial charge in [-0.2, -0.15) is 0 Å². The zero-order chi connectivity index (χ0) is 13.2. The number of hydrogen-bond acceptors (Lipinski definition) is 3. The van der Waals surface area contributed by atoms with Crippen LogP contribution in [0.5, 0.6) is 0 Å². The molecule has 0 heterocycles. The van der Waals surface area contributed by atoms with E-state index < -0.39 is 6.10 Å². The quantitative estimate of drug-likeness (QED) is 0.669. The van der Waals surface area contributed by atoms with Gasteiger partial charge in [-0.15, -0.1) is 0 Å². The number of esters is 1. The first-order valence-corrected chi connectivity index (χ1v) is 7.40. The van der Waals surface area contributed by atoms with E-state index in [1.54, 1.807) is 0 Å². The van der Waals surface area contributed by atoms with Gasteiger partial charge in [0.05, 0.1) is 0 Å². The van der Waals surface area contributed by atoms with Crippen molar-refractivity contribution >= 4 is 11.8 Å². The Kier molecular flexibility index (Phi) is 7.70. The summed E-state index contributed by atoms with van der Waals surface area (Å²) in [5.74, 6) is -0.220. The Hall–Kier alpha value is -0.860. The van der Waals surface area contributed by atoms with Crippen LogP contribution in [0.1, 0.15) is 77.6 Å². The van der Waals surface area contributed by atoms with E-state index in [-0.39, 0.29) is 11.8 Å². The van der Waals surface area contributed by atoms with E-state index in [2.05, 4.69) is 0 Å². The van der Waals surface area contributed by atoms with Crippen molar-refractivity contribution in [3.8, 4) is 0 Å². The molecule has 0 radical (unpaired) electrons. The van der Waals surface area contributed by atoms with Crippen molar-refractivity contribution in [3.63, 3.8) is 0 Å². The molecular weight excluding hydrogens is 228 g/mol. The van der Waals surface area contributed by atoms with Crippen LogP contribution >= 0.6 is 0 Å². The maximum Gasteiger partial charge on any atom is 0.303 e. The van der Waals surface area contributed by atoms with Crippen LogP contribution in [-0.4, -0.2) is 17.9 Å². The molecule has 3 heteroatoms. The second kappa shape index (κ2) is 9.12. The predicted molar refractivity (Wildman–Crippen MR) is 71.3 cm³/mol. The van der Waals surface area contributed by atoms with Crippen molar-refractivity contribution in [1.29, 1.82) is 0 Å². The molecular formula is C15H26O3. The summed E-state index contributed by atoms with van der Waals surface area (Å²) in [6.07, 6.45) is 11.4. The summed E-state index contributed by atoms with van der Waals surface area (Å²) in [7, 11) is 0. The molecule has 1 saturated carbocycles. The molecule has 1 aliphatic rings. The molecule has 1 unspecified atom stereocenters. The van der Waals surface area contributed by atoms with E-state index in [4.69, 9.17) is 4.74 Å². The molecule has 1 aliphatic carbocycles. The van der Waals surface area contributed by atoms with Crippen molar-refractivity contribution in [2.75, 3.05) is 0 Å². The van der Waals surface area contributed by atoms with E-state index in [0.717, 1.165) is 25.7 Å². The molecule has 18 heavy (non-hydrogen) atoms. The van der Waals surface area contributed by atoms with Crippen molar-refractivity contribution in [1.82, 2.24) is 0 Å². The second-order valence-electron chi connectivity index (χ2n) is 5.29. The third kappa shape index (κ3) is 6.77. The minimum Gasteiger partial charge on any atom is -0.455 e. The number of Topliss-reactive ketones (excluding diaryl/α,β-unsaturated/α-hetero) is 1. The van der Waals surface area contributed by atoms with Crippen molar-refractivity contribution in [3.05, 3.63) is 0 Å². The fourth-order valence-electron chi connectivity index (χ4n) is 2.51. The van der Waals surface area contributed by atoms with Gasteiger partial charge < -0.3 is 4.74 Å². The normalized spacial score (nSPS) is 24.5. The highest BCUT2D eigenvalue weighted by Crippen LogP contribution is 2.17. The molecule has 0 amide bonds. The molecule has 0 aliphatic heterocycles. The lowest BCUT2D eigenvalue weighted by molar-refractivity contribution is -0.153. The van der Waals surface area contributed by atoms with Gasteiger partial charge in [0, 0.05) is 13.3 Å². The van der Waals surface area contributed by atoms with Gasteiger partial charge in [0.2, 0.25) is 0 Å². The Morgan fingerprint density at radius 3 is 2.00 bits per heavy atom. The standard InChI is InChI=1S/C15H26O3/c1-13(16)18-15-12-10-8-6-4-2-3-5-7-9-11-14(15)17/h15H,2-12H2,1H3. The Morgan fingerprint density at radius 2 is 1.44 bits per heavy atom. The fraction of sp³-hybridized carbons (Fsp3) is 0.867. The SMILES string of the molecule is CC(=O)OC1CCCCCCCCCCCC1=O. The summed E-state index contributed by atoms with van der Waals surface area (Å²) >= 11 is 0. The summed E-state index contributed by atoms with van der Waals surface area (Å²) in [6.45, 7) is 1.38. The summed E-state index contributed by atoms with van der Waals surface area (Å²) in [6, 6.07) is 0. The summed E-state index contributed by atoms with van der Waals surface area (Å²) in [5, 5.41) is 0. The van der Waals surface area contributed by atoms with E-state index >= 15 is 0 Å². The number of ether oxygens (including phenoxy) is 1. The fourth-order valence-corrected chi connectivity index (χ4v) is 2.51. The first kappa shape index (κ1) is 15.2. The van der Waals surface area contributed by atoms with Crippen LogP contribution in [0.15, 0.2) is 0 Å². The minimum atomic E-state index is -0.483. The first-order valence-electron chi connectivity index (χ1n) is 7.40. The first-order chi connectivity index (χ1) is 8.70. The van der Waals surface area contributed by atoms with Gasteiger partial charge in [-0.25, -0.2) is 0 Å². The zero-order valence-electron chi connectivity index (χ0n) is 11.6. The number of hydrogen-bond donors (Lipinski definition) is 0. The third-order valence-corrected chi connectivity index (χ3v) is 3.56. The third-order valence-electron chi connectivity index (χ3n) is 3.56. The monoisotopic (exact) mass is 254 g/mol. The molecule has 1 atom stereocenters. The Bertz CT molecular complexity index is 260. The number of rotatable bonds is 1. The molecule has 104 valence electrons. The van der Waals surface area contributed by atoms with Crippen LogP contribution in [0, 0.1) is 0 Å². The highest BCUT2D eigenvalue weighted by molar-refractivity contribution is 5.85. The van der Waals surface area contributed by atoms with E-state index in [0.29, 0.717) is 12.8 Å². The average molecular weight is 254 g/mol. The lowest BCUT2D eigenvalue weighted by Crippen LogP contribution is -2.26. The summed E-state index contributed by atoms with van der Waals surface area (Å²) in [4.78, 5) is 23.0. The Morgan fingerprint density at radius 1 is 0.944 bits per heavy atom. The van der Waals surface area contributed by atoms with Crippen LogP contribution in [0.2, 0.25) is 0 Å². The maximum absolute atomic E-state index is 12.0. The summed E-state index contributed by atoms with van der Waals surface area (Å²) in [5.41, 5.74) is 0. The molecule has 0 saturated heterocycles. The number of carbonyl (C=O) groups is 2. The van der Waals surface area contributed by atoms with Crippen molar-refractivity contribution < 1.29 is 14.3 Å². The lowest BCUT2D eigenvalue weighted by atomic mass is 10.0. The van der Waals surface area contributed by atoms with Gasteiger partial charge in [-0.1, -0.05) is 44.9 Å². The number of carbonyl (C=O) groups excluding carboxylic acids is 2. The van der Waals surface area contributed by atoms with Gasteiger partial charge in [-0.05, 0) is 19.3 Å². The van der Waals surface area contributed by atoms with E-state index in [1.807, 2.05) is 0 Å². The molecule has 0 bridgehead atoms. The van der Waals surface area contributed by atoms with Crippen LogP contribution in [0.4, 0.5) is 0 Å². The second-order valence-corrected chi connectivity index (χ2v) is 5.29. The Labute approximate surface area is 110 Å². The van der Waals surface area contributed by atoms with E-state index in [1.165, 1.54) is 39.0 Å². The summed E-state index contributed by atoms with van der Waals surface area (Å²) < 4.78 is 5.15. The lowest BCUT2D eigenvalue weighted by Gasteiger charge is -2.15. The highest BCUT2D eigenvalue weighted by atomic mass is 16.5. The van der Waals surface area contributed by atoms with E-state index in [9.17, 15) is 9.59 Å². The van der Waals surface area contributed by atoms with Crippen molar-refractivity contribution in [2.45, 2.75) is 83.7 Å². The zero-order valence-corrected chi connectivity index (χ0v) is 11.6. The van der Waals surface area contributed by atoms with Gasteiger partial charge in [0.15, 0.2) is 11.9 Å². The minimum absolute atomic E-state index is 0.115. The molecule has 1 rings (SSSR count). The molecule has 0 N–H and O–H groups in total. The Balaban J connectivity index is 2.45. The largest absolute Gasteiger partial charge is 0.455 e.